The van der Waals surface area contributed by atoms with E-state index in [0.717, 1.165) is 11.6 Å². The molecule has 0 bridgehead atoms. The van der Waals surface area contributed by atoms with E-state index in [0.29, 0.717) is 0 Å². The Morgan fingerprint density at radius 2 is 2.12 bits per heavy atom. The first kappa shape index (κ1) is 11.1. The van der Waals surface area contributed by atoms with Crippen LogP contribution in [0.25, 0.3) is 5.69 Å². The third-order valence-corrected chi connectivity index (χ3v) is 2.47. The highest BCUT2D eigenvalue weighted by atomic mass is 35.5. The lowest BCUT2D eigenvalue weighted by atomic mass is 10.3. The van der Waals surface area contributed by atoms with Gasteiger partial charge in [-0.2, -0.15) is 5.10 Å². The highest BCUT2D eigenvalue weighted by Crippen LogP contribution is 2.21. The molecule has 1 aromatic carbocycles. The Bertz CT molecular complexity index is 508. The molecule has 0 amide bonds. The Morgan fingerprint density at radius 3 is 2.69 bits per heavy atom. The zero-order valence-electron chi connectivity index (χ0n) is 8.49. The van der Waals surface area contributed by atoms with Gasteiger partial charge in [-0.25, -0.2) is 13.5 Å². The van der Waals surface area contributed by atoms with Gasteiger partial charge in [0.1, 0.15) is 11.5 Å². The number of hydrogen-bond donors (Lipinski definition) is 0. The molecule has 0 fully saturated rings. The van der Waals surface area contributed by atoms with Crippen LogP contribution in [0.1, 0.15) is 17.9 Å². The summed E-state index contributed by atoms with van der Waals surface area (Å²) in [5.74, 6) is -1.27. The topological polar surface area (TPSA) is 17.8 Å². The molecule has 0 N–H and O–H groups in total. The van der Waals surface area contributed by atoms with Gasteiger partial charge >= 0.3 is 0 Å². The third kappa shape index (κ3) is 2.07. The maximum atomic E-state index is 13.4. The molecular weight excluding hydrogens is 234 g/mol. The molecule has 0 aliphatic carbocycles. The fraction of sp³-hybridized carbons (Fsp3) is 0.182. The maximum Gasteiger partial charge on any atom is 0.151 e. The molecule has 1 aromatic heterocycles. The number of alkyl halides is 1. The van der Waals surface area contributed by atoms with Crippen LogP contribution in [0.3, 0.4) is 0 Å². The van der Waals surface area contributed by atoms with Gasteiger partial charge < -0.3 is 0 Å². The van der Waals surface area contributed by atoms with Crippen LogP contribution in [0, 0.1) is 11.6 Å². The summed E-state index contributed by atoms with van der Waals surface area (Å²) in [6, 6.07) is 3.34. The molecule has 0 spiro atoms. The summed E-state index contributed by atoms with van der Waals surface area (Å²) in [6.07, 6.45) is 3.18. The summed E-state index contributed by atoms with van der Waals surface area (Å²) >= 11 is 5.86. The predicted molar refractivity (Wildman–Crippen MR) is 57.7 cm³/mol. The lowest BCUT2D eigenvalue weighted by molar-refractivity contribution is 0.573. The SMILES string of the molecule is CC(Cl)c1cnn(-c2ccc(F)cc2F)c1. The Hall–Kier alpha value is -1.42. The fourth-order valence-corrected chi connectivity index (χ4v) is 1.45. The van der Waals surface area contributed by atoms with E-state index in [1.807, 2.05) is 0 Å². The minimum Gasteiger partial charge on any atom is -0.238 e. The van der Waals surface area contributed by atoms with Crippen LogP contribution in [0.4, 0.5) is 8.78 Å². The maximum absolute atomic E-state index is 13.4. The van der Waals surface area contributed by atoms with Crippen molar-refractivity contribution in [2.45, 2.75) is 12.3 Å². The lowest BCUT2D eigenvalue weighted by Crippen LogP contribution is -1.98. The first-order valence-corrected chi connectivity index (χ1v) is 5.15. The molecule has 2 rings (SSSR count). The van der Waals surface area contributed by atoms with E-state index < -0.39 is 11.6 Å². The van der Waals surface area contributed by atoms with Crippen molar-refractivity contribution < 1.29 is 8.78 Å². The van der Waals surface area contributed by atoms with Crippen molar-refractivity contribution in [1.82, 2.24) is 9.78 Å². The summed E-state index contributed by atoms with van der Waals surface area (Å²) in [5.41, 5.74) is 0.982. The van der Waals surface area contributed by atoms with E-state index >= 15 is 0 Å². The van der Waals surface area contributed by atoms with Crippen LogP contribution in [0.15, 0.2) is 30.6 Å². The van der Waals surface area contributed by atoms with E-state index in [1.54, 1.807) is 19.3 Å². The van der Waals surface area contributed by atoms with Crippen molar-refractivity contribution in [3.8, 4) is 5.69 Å². The predicted octanol–water partition coefficient (Wildman–Crippen LogP) is 3.45. The number of benzene rings is 1. The molecular formula is C11H9ClF2N2. The van der Waals surface area contributed by atoms with Crippen molar-refractivity contribution in [3.63, 3.8) is 0 Å². The van der Waals surface area contributed by atoms with Gasteiger partial charge in [0.05, 0.1) is 11.6 Å². The van der Waals surface area contributed by atoms with E-state index in [2.05, 4.69) is 5.10 Å². The first-order valence-electron chi connectivity index (χ1n) is 4.72. The Kier molecular flexibility index (Phi) is 2.92. The largest absolute Gasteiger partial charge is 0.238 e. The van der Waals surface area contributed by atoms with Crippen LogP contribution >= 0.6 is 11.6 Å². The average molecular weight is 243 g/mol. The van der Waals surface area contributed by atoms with Crippen molar-refractivity contribution in [1.29, 1.82) is 0 Å². The van der Waals surface area contributed by atoms with Crippen LogP contribution in [-0.4, -0.2) is 9.78 Å². The number of hydrogen-bond acceptors (Lipinski definition) is 1. The molecule has 0 saturated heterocycles. The van der Waals surface area contributed by atoms with Gasteiger partial charge in [0.2, 0.25) is 0 Å². The molecule has 0 aliphatic rings. The normalized spacial score (nSPS) is 12.8. The summed E-state index contributed by atoms with van der Waals surface area (Å²) < 4.78 is 27.5. The molecule has 2 aromatic rings. The number of halogens is 3. The zero-order valence-corrected chi connectivity index (χ0v) is 9.25. The highest BCUT2D eigenvalue weighted by Gasteiger charge is 2.09. The highest BCUT2D eigenvalue weighted by molar-refractivity contribution is 6.20. The molecule has 0 aliphatic heterocycles. The van der Waals surface area contributed by atoms with Gasteiger partial charge in [0.25, 0.3) is 0 Å². The lowest BCUT2D eigenvalue weighted by Gasteiger charge is -2.02. The monoisotopic (exact) mass is 242 g/mol. The second-order valence-corrected chi connectivity index (χ2v) is 4.08. The van der Waals surface area contributed by atoms with E-state index in [9.17, 15) is 8.78 Å². The second kappa shape index (κ2) is 4.22. The molecule has 1 heterocycles. The number of aromatic nitrogens is 2. The van der Waals surface area contributed by atoms with Gasteiger partial charge in [-0.05, 0) is 19.1 Å². The van der Waals surface area contributed by atoms with Crippen molar-refractivity contribution in [2.75, 3.05) is 0 Å². The molecule has 5 heteroatoms. The van der Waals surface area contributed by atoms with Gasteiger partial charge in [0, 0.05) is 17.8 Å². The third-order valence-electron chi connectivity index (χ3n) is 2.22. The smallest absolute Gasteiger partial charge is 0.151 e. The standard InChI is InChI=1S/C11H9ClF2N2/c1-7(12)8-5-15-16(6-8)11-3-2-9(13)4-10(11)14/h2-7H,1H3. The molecule has 0 saturated carbocycles. The quantitative estimate of drug-likeness (QED) is 0.738. The van der Waals surface area contributed by atoms with Crippen LogP contribution in [0.5, 0.6) is 0 Å². The Morgan fingerprint density at radius 1 is 1.38 bits per heavy atom. The van der Waals surface area contributed by atoms with E-state index in [4.69, 9.17) is 11.6 Å². The first-order chi connectivity index (χ1) is 7.58. The second-order valence-electron chi connectivity index (χ2n) is 3.43. The minimum absolute atomic E-state index is 0.197. The summed E-state index contributed by atoms with van der Waals surface area (Å²) in [4.78, 5) is 0. The van der Waals surface area contributed by atoms with Crippen molar-refractivity contribution >= 4 is 11.6 Å². The molecule has 16 heavy (non-hydrogen) atoms. The van der Waals surface area contributed by atoms with Gasteiger partial charge in [-0.15, -0.1) is 11.6 Å². The summed E-state index contributed by atoms with van der Waals surface area (Å²) in [7, 11) is 0. The average Bonchev–Trinajstić information content (AvgIpc) is 2.66. The van der Waals surface area contributed by atoms with Crippen LogP contribution in [-0.2, 0) is 0 Å². The van der Waals surface area contributed by atoms with Crippen LogP contribution in [0.2, 0.25) is 0 Å². The molecule has 2 nitrogen and oxygen atoms in total. The molecule has 84 valence electrons. The van der Waals surface area contributed by atoms with Crippen molar-refractivity contribution in [2.24, 2.45) is 0 Å². The fourth-order valence-electron chi connectivity index (χ4n) is 1.34. The molecule has 1 unspecified atom stereocenters. The summed E-state index contributed by atoms with van der Waals surface area (Å²) in [6.45, 7) is 1.80. The van der Waals surface area contributed by atoms with E-state index in [-0.39, 0.29) is 11.1 Å². The summed E-state index contributed by atoms with van der Waals surface area (Å²) in [5, 5.41) is 3.77. The number of nitrogens with zero attached hydrogens (tertiary/aromatic N) is 2. The van der Waals surface area contributed by atoms with E-state index in [1.165, 1.54) is 16.8 Å². The van der Waals surface area contributed by atoms with Crippen LogP contribution < -0.4 is 0 Å². The van der Waals surface area contributed by atoms with Gasteiger partial charge in [-0.3, -0.25) is 0 Å². The van der Waals surface area contributed by atoms with Gasteiger partial charge in [-0.1, -0.05) is 0 Å². The molecule has 1 atom stereocenters. The minimum atomic E-state index is -0.656. The Labute approximate surface area is 96.5 Å². The van der Waals surface area contributed by atoms with Gasteiger partial charge in [0.15, 0.2) is 5.82 Å². The Balaban J connectivity index is 2.42. The zero-order chi connectivity index (χ0) is 11.7. The van der Waals surface area contributed by atoms with Crippen molar-refractivity contribution in [3.05, 3.63) is 47.8 Å². The number of rotatable bonds is 2. The molecule has 0 radical (unpaired) electrons.